The summed E-state index contributed by atoms with van der Waals surface area (Å²) in [5.74, 6) is 3.40. The first-order valence-electron chi connectivity index (χ1n) is 4.69. The third kappa shape index (κ3) is 7.32. The first kappa shape index (κ1) is 13.5. The summed E-state index contributed by atoms with van der Waals surface area (Å²) >= 11 is 3.78. The summed E-state index contributed by atoms with van der Waals surface area (Å²) in [6.45, 7) is 0.703. The Bertz CT molecular complexity index is 174. The van der Waals surface area contributed by atoms with Crippen molar-refractivity contribution < 1.29 is 17.9 Å². The minimum atomic E-state index is -4.50. The molecule has 1 rings (SSSR count). The summed E-state index contributed by atoms with van der Waals surface area (Å²) in [5.41, 5.74) is 0. The van der Waals surface area contributed by atoms with Crippen molar-refractivity contribution in [1.29, 1.82) is 0 Å². The van der Waals surface area contributed by atoms with E-state index in [-0.39, 0.29) is 13.2 Å². The molecule has 0 aromatic carbocycles. The lowest BCUT2D eigenvalue weighted by Gasteiger charge is -2.21. The molecule has 2 nitrogen and oxygen atoms in total. The number of rotatable bonds is 5. The van der Waals surface area contributed by atoms with Gasteiger partial charge in [-0.05, 0) is 0 Å². The Hall–Kier alpha value is 0.410. The molecule has 1 atom stereocenters. The van der Waals surface area contributed by atoms with Crippen LogP contribution < -0.4 is 5.32 Å². The summed E-state index contributed by atoms with van der Waals surface area (Å²) in [5, 5.41) is 3.49. The summed E-state index contributed by atoms with van der Waals surface area (Å²) in [6, 6.07) is 0. The molecule has 0 saturated carbocycles. The van der Waals surface area contributed by atoms with Crippen molar-refractivity contribution >= 4 is 23.5 Å². The number of halogens is 3. The number of alkyl halides is 3. The molecule has 7 heteroatoms. The molecule has 1 aliphatic rings. The third-order valence-electron chi connectivity index (χ3n) is 1.80. The molecular formula is C8H14F3NOS2. The van der Waals surface area contributed by atoms with Gasteiger partial charge < -0.3 is 5.32 Å². The highest BCUT2D eigenvalue weighted by Gasteiger charge is 2.28. The predicted molar refractivity (Wildman–Crippen MR) is 58.4 cm³/mol. The highest BCUT2D eigenvalue weighted by Crippen LogP contribution is 2.23. The van der Waals surface area contributed by atoms with Gasteiger partial charge in [-0.15, -0.1) is 13.2 Å². The van der Waals surface area contributed by atoms with Crippen LogP contribution in [-0.2, 0) is 4.74 Å². The Kier molecular flexibility index (Phi) is 6.18. The highest BCUT2D eigenvalue weighted by atomic mass is 32.2. The second-order valence-corrected chi connectivity index (χ2v) is 5.62. The number of hydrogen-bond acceptors (Lipinski definition) is 4. The van der Waals surface area contributed by atoms with Crippen molar-refractivity contribution in [2.45, 2.75) is 11.6 Å². The molecule has 0 aliphatic carbocycles. The summed E-state index contributed by atoms with van der Waals surface area (Å²) in [4.78, 5) is 0. The molecule has 1 saturated heterocycles. The second kappa shape index (κ2) is 6.88. The molecule has 0 bridgehead atoms. The molecule has 0 amide bonds. The van der Waals surface area contributed by atoms with E-state index in [0.717, 1.165) is 18.1 Å². The quantitative estimate of drug-likeness (QED) is 0.763. The first-order chi connectivity index (χ1) is 7.08. The van der Waals surface area contributed by atoms with Crippen LogP contribution in [-0.4, -0.2) is 48.6 Å². The minimum Gasteiger partial charge on any atom is -0.313 e. The van der Waals surface area contributed by atoms with E-state index >= 15 is 0 Å². The molecule has 0 radical (unpaired) electrons. The summed E-state index contributed by atoms with van der Waals surface area (Å²) in [7, 11) is 0. The number of hydrogen-bond donors (Lipinski definition) is 1. The molecule has 1 fully saturated rings. The maximum Gasteiger partial charge on any atom is 0.522 e. The van der Waals surface area contributed by atoms with Crippen molar-refractivity contribution in [3.63, 3.8) is 0 Å². The van der Waals surface area contributed by atoms with Crippen molar-refractivity contribution in [2.24, 2.45) is 0 Å². The first-order valence-corrected chi connectivity index (χ1v) is 6.89. The monoisotopic (exact) mass is 261 g/mol. The van der Waals surface area contributed by atoms with Gasteiger partial charge in [-0.25, -0.2) is 0 Å². The topological polar surface area (TPSA) is 21.3 Å². The number of nitrogens with one attached hydrogen (secondary N) is 1. The van der Waals surface area contributed by atoms with Gasteiger partial charge in [0.15, 0.2) is 0 Å². The van der Waals surface area contributed by atoms with Crippen LogP contribution in [0.3, 0.4) is 0 Å². The Morgan fingerprint density at radius 1 is 1.33 bits per heavy atom. The zero-order valence-corrected chi connectivity index (χ0v) is 9.81. The highest BCUT2D eigenvalue weighted by molar-refractivity contribution is 8.06. The zero-order valence-electron chi connectivity index (χ0n) is 8.18. The smallest absolute Gasteiger partial charge is 0.313 e. The SMILES string of the molecule is FC(F)(F)OCCNCC1CSCCS1. The van der Waals surface area contributed by atoms with E-state index in [1.54, 1.807) is 0 Å². The Balaban J connectivity index is 1.92. The van der Waals surface area contributed by atoms with Gasteiger partial charge in [-0.3, -0.25) is 4.74 Å². The van der Waals surface area contributed by atoms with Gasteiger partial charge in [0.2, 0.25) is 0 Å². The fourth-order valence-corrected chi connectivity index (χ4v) is 3.80. The van der Waals surface area contributed by atoms with Crippen LogP contribution in [0, 0.1) is 0 Å². The van der Waals surface area contributed by atoms with Gasteiger partial charge in [0, 0.05) is 35.6 Å². The van der Waals surface area contributed by atoms with Crippen LogP contribution in [0.1, 0.15) is 0 Å². The lowest BCUT2D eigenvalue weighted by molar-refractivity contribution is -0.323. The van der Waals surface area contributed by atoms with E-state index < -0.39 is 6.36 Å². The normalized spacial score (nSPS) is 23.0. The van der Waals surface area contributed by atoms with Crippen LogP contribution >= 0.6 is 23.5 Å². The maximum absolute atomic E-state index is 11.6. The van der Waals surface area contributed by atoms with Crippen LogP contribution in [0.15, 0.2) is 0 Å². The van der Waals surface area contributed by atoms with Gasteiger partial charge in [-0.1, -0.05) is 0 Å². The van der Waals surface area contributed by atoms with Gasteiger partial charge in [0.05, 0.1) is 6.61 Å². The van der Waals surface area contributed by atoms with Crippen LogP contribution in [0.25, 0.3) is 0 Å². The van der Waals surface area contributed by atoms with Crippen molar-refractivity contribution in [1.82, 2.24) is 5.32 Å². The Labute approximate surface area is 95.7 Å². The van der Waals surface area contributed by atoms with E-state index in [9.17, 15) is 13.2 Å². The average molecular weight is 261 g/mol. The fourth-order valence-electron chi connectivity index (χ4n) is 1.16. The molecule has 1 aliphatic heterocycles. The molecule has 1 unspecified atom stereocenters. The van der Waals surface area contributed by atoms with Crippen LogP contribution in [0.5, 0.6) is 0 Å². The zero-order chi connectivity index (χ0) is 11.1. The fraction of sp³-hybridized carbons (Fsp3) is 1.00. The summed E-state index contributed by atoms with van der Waals surface area (Å²) in [6.07, 6.45) is -4.50. The molecule has 90 valence electrons. The Morgan fingerprint density at radius 3 is 2.73 bits per heavy atom. The second-order valence-electron chi connectivity index (χ2n) is 3.07. The van der Waals surface area contributed by atoms with Crippen molar-refractivity contribution in [3.8, 4) is 0 Å². The third-order valence-corrected chi connectivity index (χ3v) is 4.65. The Morgan fingerprint density at radius 2 is 2.13 bits per heavy atom. The number of thioether (sulfide) groups is 2. The van der Waals surface area contributed by atoms with E-state index in [1.165, 1.54) is 5.75 Å². The van der Waals surface area contributed by atoms with Gasteiger partial charge in [0.1, 0.15) is 0 Å². The van der Waals surface area contributed by atoms with E-state index in [0.29, 0.717) is 5.25 Å². The van der Waals surface area contributed by atoms with Crippen LogP contribution in [0.2, 0.25) is 0 Å². The largest absolute Gasteiger partial charge is 0.522 e. The molecule has 1 heterocycles. The lowest BCUT2D eigenvalue weighted by Crippen LogP contribution is -2.32. The predicted octanol–water partition coefficient (Wildman–Crippen LogP) is 1.96. The lowest BCUT2D eigenvalue weighted by atomic mass is 10.4. The van der Waals surface area contributed by atoms with E-state index in [1.807, 2.05) is 23.5 Å². The molecule has 1 N–H and O–H groups in total. The van der Waals surface area contributed by atoms with Gasteiger partial charge >= 0.3 is 6.36 Å². The minimum absolute atomic E-state index is 0.251. The van der Waals surface area contributed by atoms with Crippen molar-refractivity contribution in [2.75, 3.05) is 37.0 Å². The van der Waals surface area contributed by atoms with E-state index in [4.69, 9.17) is 0 Å². The van der Waals surface area contributed by atoms with Crippen molar-refractivity contribution in [3.05, 3.63) is 0 Å². The maximum atomic E-state index is 11.6. The summed E-state index contributed by atoms with van der Waals surface area (Å²) < 4.78 is 38.4. The van der Waals surface area contributed by atoms with Gasteiger partial charge in [-0.2, -0.15) is 23.5 Å². The standard InChI is InChI=1S/C8H14F3NOS2/c9-8(10,11)13-2-1-12-5-7-6-14-3-4-15-7/h7,12H,1-6H2. The molecular weight excluding hydrogens is 247 g/mol. The molecule has 0 spiro atoms. The van der Waals surface area contributed by atoms with Gasteiger partial charge in [0.25, 0.3) is 0 Å². The molecule has 15 heavy (non-hydrogen) atoms. The average Bonchev–Trinajstić information content (AvgIpc) is 2.17. The molecule has 0 aromatic rings. The van der Waals surface area contributed by atoms with E-state index in [2.05, 4.69) is 10.1 Å². The van der Waals surface area contributed by atoms with Crippen LogP contribution in [0.4, 0.5) is 13.2 Å². The molecule has 0 aromatic heterocycles. The number of ether oxygens (including phenoxy) is 1.